The summed E-state index contributed by atoms with van der Waals surface area (Å²) in [5.74, 6) is 0.773. The maximum atomic E-state index is 13.9. The normalized spacial score (nSPS) is 14.9. The third-order valence-corrected chi connectivity index (χ3v) is 5.53. The van der Waals surface area contributed by atoms with Gasteiger partial charge in [-0.1, -0.05) is 12.1 Å². The molecule has 5 nitrogen and oxygen atoms in total. The molecule has 0 amide bonds. The van der Waals surface area contributed by atoms with E-state index in [4.69, 9.17) is 0 Å². The number of halogens is 2. The van der Waals surface area contributed by atoms with Crippen LogP contribution >= 0.6 is 35.3 Å². The van der Waals surface area contributed by atoms with Crippen molar-refractivity contribution in [2.45, 2.75) is 19.8 Å². The standard InChI is InChI=1S/C19H26FN5S.HI/c1-15-14-26-18(23-15)8-5-9-22-19(21-2)25-12-10-24(11-13-25)17-7-4-3-6-16(17)20;/h3-4,6-7,14H,5,8-13H2,1-2H3,(H,21,22);1H. The number of nitrogens with zero attached hydrogens (tertiary/aromatic N) is 4. The van der Waals surface area contributed by atoms with E-state index in [0.717, 1.165) is 57.2 Å². The lowest BCUT2D eigenvalue weighted by atomic mass is 10.2. The second-order valence-corrected chi connectivity index (χ2v) is 7.33. The summed E-state index contributed by atoms with van der Waals surface area (Å²) in [7, 11) is 1.82. The Morgan fingerprint density at radius 3 is 2.63 bits per heavy atom. The van der Waals surface area contributed by atoms with E-state index in [2.05, 4.69) is 30.5 Å². The van der Waals surface area contributed by atoms with Crippen LogP contribution in [0, 0.1) is 12.7 Å². The number of hydrogen-bond acceptors (Lipinski definition) is 4. The molecule has 3 rings (SSSR count). The van der Waals surface area contributed by atoms with E-state index in [1.54, 1.807) is 17.4 Å². The number of thiazole rings is 1. The second-order valence-electron chi connectivity index (χ2n) is 6.39. The van der Waals surface area contributed by atoms with Gasteiger partial charge in [-0.3, -0.25) is 4.99 Å². The molecule has 0 atom stereocenters. The number of aryl methyl sites for hydroxylation is 2. The highest BCUT2D eigenvalue weighted by Gasteiger charge is 2.21. The van der Waals surface area contributed by atoms with Gasteiger partial charge in [0.05, 0.1) is 10.7 Å². The van der Waals surface area contributed by atoms with Crippen molar-refractivity contribution >= 4 is 47.0 Å². The largest absolute Gasteiger partial charge is 0.366 e. The Hall–Kier alpha value is -1.42. The Kier molecular flexibility index (Phi) is 8.75. The van der Waals surface area contributed by atoms with Crippen LogP contribution in [-0.4, -0.2) is 55.6 Å². The first kappa shape index (κ1) is 21.9. The summed E-state index contributed by atoms with van der Waals surface area (Å²) in [5, 5.41) is 6.73. The molecule has 2 aromatic rings. The molecule has 0 bridgehead atoms. The molecule has 8 heteroatoms. The van der Waals surface area contributed by atoms with Crippen molar-refractivity contribution in [1.82, 2.24) is 15.2 Å². The van der Waals surface area contributed by atoms with Crippen LogP contribution in [0.5, 0.6) is 0 Å². The highest BCUT2D eigenvalue weighted by Crippen LogP contribution is 2.20. The predicted octanol–water partition coefficient (Wildman–Crippen LogP) is 3.54. The van der Waals surface area contributed by atoms with E-state index in [9.17, 15) is 4.39 Å². The number of benzene rings is 1. The van der Waals surface area contributed by atoms with Gasteiger partial charge in [-0.25, -0.2) is 9.37 Å². The predicted molar refractivity (Wildman–Crippen MR) is 122 cm³/mol. The smallest absolute Gasteiger partial charge is 0.193 e. The number of anilines is 1. The van der Waals surface area contributed by atoms with Gasteiger partial charge in [0.2, 0.25) is 0 Å². The van der Waals surface area contributed by atoms with Gasteiger partial charge in [-0.2, -0.15) is 0 Å². The maximum absolute atomic E-state index is 13.9. The topological polar surface area (TPSA) is 43.8 Å². The van der Waals surface area contributed by atoms with Gasteiger partial charge in [0, 0.05) is 57.3 Å². The van der Waals surface area contributed by atoms with Crippen molar-refractivity contribution in [3.05, 3.63) is 46.2 Å². The van der Waals surface area contributed by atoms with E-state index in [1.807, 2.05) is 26.1 Å². The van der Waals surface area contributed by atoms with Crippen LogP contribution in [0.4, 0.5) is 10.1 Å². The number of guanidine groups is 1. The van der Waals surface area contributed by atoms with Crippen molar-refractivity contribution in [3.8, 4) is 0 Å². The van der Waals surface area contributed by atoms with Gasteiger partial charge in [0.15, 0.2) is 5.96 Å². The molecule has 27 heavy (non-hydrogen) atoms. The van der Waals surface area contributed by atoms with Gasteiger partial charge >= 0.3 is 0 Å². The molecule has 0 radical (unpaired) electrons. The lowest BCUT2D eigenvalue weighted by Crippen LogP contribution is -2.52. The van der Waals surface area contributed by atoms with Gasteiger partial charge in [0.25, 0.3) is 0 Å². The minimum Gasteiger partial charge on any atom is -0.366 e. The van der Waals surface area contributed by atoms with E-state index < -0.39 is 0 Å². The van der Waals surface area contributed by atoms with Gasteiger partial charge < -0.3 is 15.1 Å². The van der Waals surface area contributed by atoms with E-state index in [1.165, 1.54) is 11.1 Å². The molecule has 1 aromatic heterocycles. The Bertz CT molecular complexity index is 743. The minimum atomic E-state index is -0.152. The Labute approximate surface area is 181 Å². The number of aromatic nitrogens is 1. The zero-order valence-electron chi connectivity index (χ0n) is 15.8. The molecule has 0 spiro atoms. The number of piperazine rings is 1. The average Bonchev–Trinajstić information content (AvgIpc) is 3.08. The van der Waals surface area contributed by atoms with Gasteiger partial charge in [0.1, 0.15) is 5.82 Å². The number of hydrogen-bond donors (Lipinski definition) is 1. The van der Waals surface area contributed by atoms with Crippen molar-refractivity contribution in [1.29, 1.82) is 0 Å². The zero-order valence-corrected chi connectivity index (χ0v) is 19.0. The quantitative estimate of drug-likeness (QED) is 0.294. The highest BCUT2D eigenvalue weighted by molar-refractivity contribution is 14.0. The van der Waals surface area contributed by atoms with Crippen LogP contribution in [0.3, 0.4) is 0 Å². The van der Waals surface area contributed by atoms with E-state index in [0.29, 0.717) is 5.69 Å². The summed E-state index contributed by atoms with van der Waals surface area (Å²) in [6.45, 7) is 6.15. The number of para-hydroxylation sites is 1. The zero-order chi connectivity index (χ0) is 18.4. The summed E-state index contributed by atoms with van der Waals surface area (Å²) in [6, 6.07) is 6.98. The van der Waals surface area contributed by atoms with Gasteiger partial charge in [-0.15, -0.1) is 35.3 Å². The SMILES string of the molecule is CN=C(NCCCc1nc(C)cs1)N1CCN(c2ccccc2F)CC1.I. The molecule has 0 saturated carbocycles. The summed E-state index contributed by atoms with van der Waals surface area (Å²) < 4.78 is 13.9. The fraction of sp³-hybridized carbons (Fsp3) is 0.474. The monoisotopic (exact) mass is 503 g/mol. The molecule has 148 valence electrons. The lowest BCUT2D eigenvalue weighted by Gasteiger charge is -2.37. The molecular weight excluding hydrogens is 476 g/mol. The fourth-order valence-electron chi connectivity index (χ4n) is 3.16. The number of nitrogens with one attached hydrogen (secondary N) is 1. The van der Waals surface area contributed by atoms with Crippen LogP contribution in [0.1, 0.15) is 17.1 Å². The van der Waals surface area contributed by atoms with Crippen molar-refractivity contribution in [2.24, 2.45) is 4.99 Å². The first-order chi connectivity index (χ1) is 12.7. The summed E-state index contributed by atoms with van der Waals surface area (Å²) >= 11 is 1.73. The van der Waals surface area contributed by atoms with E-state index in [-0.39, 0.29) is 29.8 Å². The lowest BCUT2D eigenvalue weighted by molar-refractivity contribution is 0.370. The Morgan fingerprint density at radius 1 is 1.26 bits per heavy atom. The van der Waals surface area contributed by atoms with Gasteiger partial charge in [-0.05, 0) is 25.5 Å². The first-order valence-corrected chi connectivity index (χ1v) is 9.91. The minimum absolute atomic E-state index is 0. The third-order valence-electron chi connectivity index (χ3n) is 4.50. The number of rotatable bonds is 5. The van der Waals surface area contributed by atoms with Crippen LogP contribution in [0.25, 0.3) is 0 Å². The van der Waals surface area contributed by atoms with Crippen LogP contribution < -0.4 is 10.2 Å². The molecule has 1 aliphatic rings. The molecule has 1 aliphatic heterocycles. The van der Waals surface area contributed by atoms with Crippen LogP contribution in [-0.2, 0) is 6.42 Å². The fourth-order valence-corrected chi connectivity index (χ4v) is 3.98. The molecule has 2 heterocycles. The third kappa shape index (κ3) is 6.03. The highest BCUT2D eigenvalue weighted by atomic mass is 127. The van der Waals surface area contributed by atoms with Crippen LogP contribution in [0.15, 0.2) is 34.6 Å². The maximum Gasteiger partial charge on any atom is 0.193 e. The molecule has 1 aromatic carbocycles. The summed E-state index contributed by atoms with van der Waals surface area (Å²) in [6.07, 6.45) is 2.02. The van der Waals surface area contributed by atoms with Crippen molar-refractivity contribution < 1.29 is 4.39 Å². The van der Waals surface area contributed by atoms with Crippen LogP contribution in [0.2, 0.25) is 0 Å². The van der Waals surface area contributed by atoms with Crippen molar-refractivity contribution in [2.75, 3.05) is 44.7 Å². The average molecular weight is 503 g/mol. The molecule has 1 N–H and O–H groups in total. The molecule has 0 unspecified atom stereocenters. The number of aliphatic imine (C=N–C) groups is 1. The molecule has 0 aliphatic carbocycles. The Morgan fingerprint density at radius 2 is 2.00 bits per heavy atom. The first-order valence-electron chi connectivity index (χ1n) is 9.03. The molecular formula is C19H27FIN5S. The Balaban J connectivity index is 0.00000261. The molecule has 1 saturated heterocycles. The summed E-state index contributed by atoms with van der Waals surface area (Å²) in [5.41, 5.74) is 1.79. The van der Waals surface area contributed by atoms with E-state index >= 15 is 0 Å². The molecule has 1 fully saturated rings. The second kappa shape index (κ2) is 10.8. The van der Waals surface area contributed by atoms with Crippen molar-refractivity contribution in [3.63, 3.8) is 0 Å². The summed E-state index contributed by atoms with van der Waals surface area (Å²) in [4.78, 5) is 13.2.